The Balaban J connectivity index is 2.62. The van der Waals surface area contributed by atoms with Crippen LogP contribution in [-0.2, 0) is 10.0 Å². The third-order valence-corrected chi connectivity index (χ3v) is 4.19. The fraction of sp³-hybridized carbons (Fsp3) is 0.231. The van der Waals surface area contributed by atoms with Crippen LogP contribution in [0, 0.1) is 12.7 Å². The second kappa shape index (κ2) is 5.31. The predicted octanol–water partition coefficient (Wildman–Crippen LogP) is 3.30. The first-order valence-corrected chi connectivity index (χ1v) is 7.64. The van der Waals surface area contributed by atoms with Gasteiger partial charge in [0.05, 0.1) is 5.69 Å². The summed E-state index contributed by atoms with van der Waals surface area (Å²) in [5.74, 6) is -3.65. The molecule has 22 heavy (non-hydrogen) atoms. The normalized spacial score (nSPS) is 12.6. The molecule has 2 aromatic carbocycles. The number of hydrogen-bond acceptors (Lipinski definition) is 3. The predicted molar refractivity (Wildman–Crippen MR) is 73.8 cm³/mol. The molecular weight excluding hydrogens is 326 g/mol. The summed E-state index contributed by atoms with van der Waals surface area (Å²) < 4.78 is 75.7. The van der Waals surface area contributed by atoms with E-state index in [9.17, 15) is 31.1 Å². The highest BCUT2D eigenvalue weighted by Gasteiger charge is 2.36. The number of anilines is 1. The minimum Gasteiger partial charge on any atom is -0.507 e. The minimum absolute atomic E-state index is 0.0335. The van der Waals surface area contributed by atoms with Gasteiger partial charge in [-0.2, -0.15) is 13.2 Å². The van der Waals surface area contributed by atoms with Gasteiger partial charge in [-0.3, -0.25) is 4.72 Å². The molecule has 2 aromatic rings. The summed E-state index contributed by atoms with van der Waals surface area (Å²) >= 11 is 0. The molecule has 2 rings (SSSR count). The molecule has 0 aliphatic heterocycles. The molecule has 4 nitrogen and oxygen atoms in total. The Kier molecular flexibility index (Phi) is 3.94. The zero-order valence-corrected chi connectivity index (χ0v) is 12.0. The van der Waals surface area contributed by atoms with E-state index in [1.807, 2.05) is 0 Å². The van der Waals surface area contributed by atoms with E-state index in [-0.39, 0.29) is 16.3 Å². The molecule has 0 amide bonds. The van der Waals surface area contributed by atoms with Crippen molar-refractivity contribution in [3.8, 4) is 5.75 Å². The van der Waals surface area contributed by atoms with Crippen molar-refractivity contribution in [2.75, 3.05) is 10.5 Å². The van der Waals surface area contributed by atoms with E-state index < -0.39 is 39.2 Å². The summed E-state index contributed by atoms with van der Waals surface area (Å²) in [5, 5.41) is 9.95. The maximum Gasteiger partial charge on any atom is 0.404 e. The number of nitrogens with one attached hydrogen (secondary N) is 1. The zero-order chi connectivity index (χ0) is 16.7. The number of halogens is 4. The van der Waals surface area contributed by atoms with Crippen molar-refractivity contribution in [3.63, 3.8) is 0 Å². The van der Waals surface area contributed by atoms with E-state index in [4.69, 9.17) is 0 Å². The molecule has 0 spiro atoms. The van der Waals surface area contributed by atoms with Gasteiger partial charge in [0.1, 0.15) is 5.75 Å². The summed E-state index contributed by atoms with van der Waals surface area (Å²) in [4.78, 5) is 0. The van der Waals surface area contributed by atoms with E-state index in [1.165, 1.54) is 31.2 Å². The van der Waals surface area contributed by atoms with Crippen molar-refractivity contribution in [2.45, 2.75) is 13.1 Å². The Morgan fingerprint density at radius 2 is 1.73 bits per heavy atom. The van der Waals surface area contributed by atoms with Crippen molar-refractivity contribution in [1.29, 1.82) is 0 Å². The first-order valence-electron chi connectivity index (χ1n) is 5.99. The molecule has 2 N–H and O–H groups in total. The molecule has 0 aliphatic carbocycles. The van der Waals surface area contributed by atoms with Gasteiger partial charge in [-0.1, -0.05) is 24.3 Å². The number of sulfonamides is 1. The number of fused-ring (bicyclic) bond motifs is 1. The van der Waals surface area contributed by atoms with E-state index >= 15 is 0 Å². The van der Waals surface area contributed by atoms with Gasteiger partial charge in [-0.25, -0.2) is 12.8 Å². The number of aromatic hydroxyl groups is 1. The van der Waals surface area contributed by atoms with Gasteiger partial charge in [-0.05, 0) is 6.92 Å². The fourth-order valence-corrected chi connectivity index (χ4v) is 3.04. The van der Waals surface area contributed by atoms with Crippen LogP contribution in [0.1, 0.15) is 5.56 Å². The van der Waals surface area contributed by atoms with Crippen molar-refractivity contribution < 1.29 is 31.1 Å². The molecule has 0 unspecified atom stereocenters. The molecule has 0 fully saturated rings. The molecule has 0 aliphatic rings. The third-order valence-electron chi connectivity index (χ3n) is 2.97. The second-order valence-corrected chi connectivity index (χ2v) is 6.41. The SMILES string of the molecule is Cc1c(F)c(NS(=O)(=O)CC(F)(F)F)c2ccccc2c1O. The molecule has 0 heterocycles. The maximum absolute atomic E-state index is 14.2. The van der Waals surface area contributed by atoms with Crippen LogP contribution in [0.3, 0.4) is 0 Å². The van der Waals surface area contributed by atoms with Gasteiger partial charge in [0.2, 0.25) is 10.0 Å². The average Bonchev–Trinajstić information content (AvgIpc) is 2.38. The monoisotopic (exact) mass is 337 g/mol. The molecule has 9 heteroatoms. The molecule has 120 valence electrons. The lowest BCUT2D eigenvalue weighted by atomic mass is 10.0. The Hall–Kier alpha value is -2.03. The molecule has 0 radical (unpaired) electrons. The Labute approximate surface area is 123 Å². The maximum atomic E-state index is 14.2. The molecular formula is C13H11F4NO3S. The van der Waals surface area contributed by atoms with Crippen LogP contribution in [0.25, 0.3) is 10.8 Å². The minimum atomic E-state index is -4.95. The molecule has 0 saturated heterocycles. The Morgan fingerprint density at radius 1 is 1.18 bits per heavy atom. The average molecular weight is 337 g/mol. The number of rotatable bonds is 3. The fourth-order valence-electron chi connectivity index (χ4n) is 2.03. The standard InChI is InChI=1S/C13H11F4NO3S/c1-7-10(14)11(18-22(20,21)6-13(15,16)17)8-4-2-3-5-9(8)12(7)19/h2-5,18-19H,6H2,1H3. The van der Waals surface area contributed by atoms with E-state index in [0.717, 1.165) is 0 Å². The van der Waals surface area contributed by atoms with E-state index in [1.54, 1.807) is 4.72 Å². The molecule has 0 aromatic heterocycles. The van der Waals surface area contributed by atoms with Crippen molar-refractivity contribution in [2.24, 2.45) is 0 Å². The smallest absolute Gasteiger partial charge is 0.404 e. The summed E-state index contributed by atoms with van der Waals surface area (Å²) in [5.41, 5.74) is -0.876. The lowest BCUT2D eigenvalue weighted by molar-refractivity contribution is -0.106. The molecule has 0 atom stereocenters. The number of alkyl halides is 3. The highest BCUT2D eigenvalue weighted by Crippen LogP contribution is 2.37. The van der Waals surface area contributed by atoms with Crippen LogP contribution >= 0.6 is 0 Å². The zero-order valence-electron chi connectivity index (χ0n) is 11.2. The van der Waals surface area contributed by atoms with Gasteiger partial charge >= 0.3 is 6.18 Å². The highest BCUT2D eigenvalue weighted by atomic mass is 32.2. The van der Waals surface area contributed by atoms with Gasteiger partial charge in [0.15, 0.2) is 11.6 Å². The second-order valence-electron chi connectivity index (χ2n) is 4.68. The summed E-state index contributed by atoms with van der Waals surface area (Å²) in [6.07, 6.45) is -4.95. The number of hydrogen-bond donors (Lipinski definition) is 2. The van der Waals surface area contributed by atoms with Gasteiger partial charge in [0.25, 0.3) is 0 Å². The third kappa shape index (κ3) is 3.24. The molecule has 0 bridgehead atoms. The van der Waals surface area contributed by atoms with Crippen LogP contribution < -0.4 is 4.72 Å². The van der Waals surface area contributed by atoms with E-state index in [2.05, 4.69) is 0 Å². The number of phenolic OH excluding ortho intramolecular Hbond substituents is 1. The van der Waals surface area contributed by atoms with Gasteiger partial charge in [-0.15, -0.1) is 0 Å². The lowest BCUT2D eigenvalue weighted by Gasteiger charge is -2.15. The van der Waals surface area contributed by atoms with Crippen LogP contribution in [0.15, 0.2) is 24.3 Å². The Morgan fingerprint density at radius 3 is 2.27 bits per heavy atom. The summed E-state index contributed by atoms with van der Waals surface area (Å²) in [6.45, 7) is 1.19. The van der Waals surface area contributed by atoms with E-state index in [0.29, 0.717) is 0 Å². The Bertz CT molecular complexity index is 831. The van der Waals surface area contributed by atoms with Crippen molar-refractivity contribution in [1.82, 2.24) is 0 Å². The van der Waals surface area contributed by atoms with Crippen LogP contribution in [0.4, 0.5) is 23.2 Å². The first kappa shape index (κ1) is 16.3. The molecule has 0 saturated carbocycles. The number of phenols is 1. The van der Waals surface area contributed by atoms with Crippen LogP contribution in [0.5, 0.6) is 5.75 Å². The topological polar surface area (TPSA) is 66.4 Å². The van der Waals surface area contributed by atoms with Gasteiger partial charge < -0.3 is 5.11 Å². The van der Waals surface area contributed by atoms with Crippen molar-refractivity contribution in [3.05, 3.63) is 35.6 Å². The first-order chi connectivity index (χ1) is 10.0. The summed E-state index contributed by atoms with van der Waals surface area (Å²) in [6, 6.07) is 5.66. The highest BCUT2D eigenvalue weighted by molar-refractivity contribution is 7.92. The van der Waals surface area contributed by atoms with Crippen LogP contribution in [0.2, 0.25) is 0 Å². The number of benzene rings is 2. The van der Waals surface area contributed by atoms with Crippen LogP contribution in [-0.4, -0.2) is 25.5 Å². The quantitative estimate of drug-likeness (QED) is 0.667. The largest absolute Gasteiger partial charge is 0.507 e. The summed E-state index contributed by atoms with van der Waals surface area (Å²) in [7, 11) is -4.83. The van der Waals surface area contributed by atoms with Crippen molar-refractivity contribution >= 4 is 26.5 Å². The lowest BCUT2D eigenvalue weighted by Crippen LogP contribution is -2.28. The van der Waals surface area contributed by atoms with Gasteiger partial charge in [0, 0.05) is 16.3 Å².